The lowest BCUT2D eigenvalue weighted by Gasteiger charge is -2.22. The van der Waals surface area contributed by atoms with Crippen molar-refractivity contribution in [1.82, 2.24) is 0 Å². The summed E-state index contributed by atoms with van der Waals surface area (Å²) in [5, 5.41) is 0. The maximum Gasteiger partial charge on any atom is 0.258 e. The molecule has 0 fully saturated rings. The second-order valence-corrected chi connectivity index (χ2v) is 4.27. The van der Waals surface area contributed by atoms with Crippen LogP contribution in [0, 0.1) is 11.6 Å². The third-order valence-corrected chi connectivity index (χ3v) is 2.90. The van der Waals surface area contributed by atoms with Crippen molar-refractivity contribution < 1.29 is 13.6 Å². The van der Waals surface area contributed by atoms with Gasteiger partial charge in [-0.3, -0.25) is 4.79 Å². The Morgan fingerprint density at radius 3 is 2.30 bits per heavy atom. The van der Waals surface area contributed by atoms with Crippen LogP contribution >= 0.6 is 0 Å². The summed E-state index contributed by atoms with van der Waals surface area (Å²) in [6.07, 6.45) is 0. The molecule has 2 aromatic rings. The minimum Gasteiger partial charge on any atom is -0.397 e. The number of anilines is 2. The molecule has 0 saturated heterocycles. The predicted octanol–water partition coefficient (Wildman–Crippen LogP) is 3.21. The van der Waals surface area contributed by atoms with E-state index in [0.29, 0.717) is 17.9 Å². The van der Waals surface area contributed by atoms with Crippen molar-refractivity contribution in [3.63, 3.8) is 0 Å². The quantitative estimate of drug-likeness (QED) is 0.875. The van der Waals surface area contributed by atoms with Gasteiger partial charge in [0.25, 0.3) is 5.91 Å². The molecule has 5 heteroatoms. The smallest absolute Gasteiger partial charge is 0.258 e. The highest BCUT2D eigenvalue weighted by Crippen LogP contribution is 2.24. The van der Waals surface area contributed by atoms with Gasteiger partial charge in [0.15, 0.2) is 0 Å². The van der Waals surface area contributed by atoms with E-state index in [1.807, 2.05) is 0 Å². The molecule has 20 heavy (non-hydrogen) atoms. The molecule has 0 saturated carbocycles. The van der Waals surface area contributed by atoms with Crippen LogP contribution in [0.1, 0.15) is 17.3 Å². The summed E-state index contributed by atoms with van der Waals surface area (Å²) in [4.78, 5) is 13.7. The van der Waals surface area contributed by atoms with Crippen LogP contribution in [-0.4, -0.2) is 12.5 Å². The van der Waals surface area contributed by atoms with Crippen LogP contribution in [0.5, 0.6) is 0 Å². The number of nitrogen functional groups attached to an aromatic ring is 1. The van der Waals surface area contributed by atoms with Crippen LogP contribution in [0.4, 0.5) is 20.2 Å². The predicted molar refractivity (Wildman–Crippen MR) is 74.6 cm³/mol. The van der Waals surface area contributed by atoms with Gasteiger partial charge in [0.2, 0.25) is 0 Å². The first-order valence-corrected chi connectivity index (χ1v) is 6.15. The molecule has 0 unspecified atom stereocenters. The normalized spacial score (nSPS) is 10.3. The zero-order chi connectivity index (χ0) is 14.7. The summed E-state index contributed by atoms with van der Waals surface area (Å²) in [5.41, 5.74) is 6.73. The molecule has 3 nitrogen and oxygen atoms in total. The van der Waals surface area contributed by atoms with E-state index in [2.05, 4.69) is 0 Å². The van der Waals surface area contributed by atoms with Gasteiger partial charge in [0.1, 0.15) is 11.6 Å². The van der Waals surface area contributed by atoms with Crippen LogP contribution in [0.3, 0.4) is 0 Å². The van der Waals surface area contributed by atoms with Gasteiger partial charge in [-0.2, -0.15) is 0 Å². The molecule has 2 aromatic carbocycles. The average molecular weight is 276 g/mol. The summed E-state index contributed by atoms with van der Waals surface area (Å²) >= 11 is 0. The first kappa shape index (κ1) is 14.0. The lowest BCUT2D eigenvalue weighted by molar-refractivity contribution is 0.0987. The van der Waals surface area contributed by atoms with E-state index in [4.69, 9.17) is 5.73 Å². The van der Waals surface area contributed by atoms with Gasteiger partial charge in [-0.05, 0) is 31.2 Å². The lowest BCUT2D eigenvalue weighted by atomic mass is 10.1. The summed E-state index contributed by atoms with van der Waals surface area (Å²) in [5.74, 6) is -2.07. The maximum absolute atomic E-state index is 13.2. The van der Waals surface area contributed by atoms with Crippen LogP contribution < -0.4 is 10.6 Å². The molecule has 0 heterocycles. The topological polar surface area (TPSA) is 46.3 Å². The molecule has 1 amide bonds. The Balaban J connectivity index is 2.42. The molecule has 0 aliphatic heterocycles. The zero-order valence-electron chi connectivity index (χ0n) is 10.9. The standard InChI is InChI=1S/C15H14F2N2O/c1-2-19(14-6-4-3-5-13(14)18)15(20)10-7-11(16)9-12(17)8-10/h3-9H,2,18H2,1H3. The number of halogens is 2. The highest BCUT2D eigenvalue weighted by molar-refractivity contribution is 6.07. The van der Waals surface area contributed by atoms with Crippen molar-refractivity contribution in [2.45, 2.75) is 6.92 Å². The van der Waals surface area contributed by atoms with Gasteiger partial charge in [-0.25, -0.2) is 8.78 Å². The molecule has 0 bridgehead atoms. The molecule has 0 radical (unpaired) electrons. The van der Waals surface area contributed by atoms with Crippen LogP contribution in [0.2, 0.25) is 0 Å². The number of rotatable bonds is 3. The number of carbonyl (C=O) groups excluding carboxylic acids is 1. The maximum atomic E-state index is 13.2. The fraction of sp³-hybridized carbons (Fsp3) is 0.133. The zero-order valence-corrected chi connectivity index (χ0v) is 10.9. The molecule has 2 N–H and O–H groups in total. The Labute approximate surface area is 115 Å². The molecular weight excluding hydrogens is 262 g/mol. The lowest BCUT2D eigenvalue weighted by Crippen LogP contribution is -2.31. The van der Waals surface area contributed by atoms with Crippen LogP contribution in [-0.2, 0) is 0 Å². The van der Waals surface area contributed by atoms with E-state index in [9.17, 15) is 13.6 Å². The van der Waals surface area contributed by atoms with E-state index in [1.165, 1.54) is 4.90 Å². The van der Waals surface area contributed by atoms with E-state index < -0.39 is 17.5 Å². The van der Waals surface area contributed by atoms with Crippen LogP contribution in [0.25, 0.3) is 0 Å². The fourth-order valence-electron chi connectivity index (χ4n) is 1.99. The molecule has 0 aromatic heterocycles. The van der Waals surface area contributed by atoms with E-state index in [0.717, 1.165) is 18.2 Å². The average Bonchev–Trinajstić information content (AvgIpc) is 2.40. The Morgan fingerprint density at radius 1 is 1.15 bits per heavy atom. The van der Waals surface area contributed by atoms with Gasteiger partial charge in [0.05, 0.1) is 11.4 Å². The fourth-order valence-corrected chi connectivity index (χ4v) is 1.99. The summed E-state index contributed by atoms with van der Waals surface area (Å²) < 4.78 is 26.4. The number of amides is 1. The van der Waals surface area contributed by atoms with Gasteiger partial charge >= 0.3 is 0 Å². The Bertz CT molecular complexity index is 623. The third-order valence-electron chi connectivity index (χ3n) is 2.90. The van der Waals surface area contributed by atoms with Gasteiger partial charge in [-0.15, -0.1) is 0 Å². The minimum absolute atomic E-state index is 0.0485. The highest BCUT2D eigenvalue weighted by Gasteiger charge is 2.19. The largest absolute Gasteiger partial charge is 0.397 e. The van der Waals surface area contributed by atoms with Gasteiger partial charge < -0.3 is 10.6 Å². The SMILES string of the molecule is CCN(C(=O)c1cc(F)cc(F)c1)c1ccccc1N. The van der Waals surface area contributed by atoms with Crippen molar-refractivity contribution in [1.29, 1.82) is 0 Å². The number of para-hydroxylation sites is 2. The van der Waals surface area contributed by atoms with Crippen molar-refractivity contribution in [2.24, 2.45) is 0 Å². The van der Waals surface area contributed by atoms with Crippen molar-refractivity contribution >= 4 is 17.3 Å². The molecule has 0 aliphatic rings. The van der Waals surface area contributed by atoms with Crippen LogP contribution in [0.15, 0.2) is 42.5 Å². The molecule has 0 aliphatic carbocycles. The first-order valence-electron chi connectivity index (χ1n) is 6.15. The van der Waals surface area contributed by atoms with E-state index in [-0.39, 0.29) is 5.56 Å². The van der Waals surface area contributed by atoms with Gasteiger partial charge in [0, 0.05) is 18.2 Å². The van der Waals surface area contributed by atoms with Gasteiger partial charge in [-0.1, -0.05) is 12.1 Å². The Kier molecular flexibility index (Phi) is 3.98. The molecule has 0 spiro atoms. The van der Waals surface area contributed by atoms with E-state index >= 15 is 0 Å². The second-order valence-electron chi connectivity index (χ2n) is 4.27. The molecular formula is C15H14F2N2O. The number of nitrogens with two attached hydrogens (primary N) is 1. The number of hydrogen-bond donors (Lipinski definition) is 1. The first-order chi connectivity index (χ1) is 9.52. The monoisotopic (exact) mass is 276 g/mol. The summed E-state index contributed by atoms with van der Waals surface area (Å²) in [7, 11) is 0. The van der Waals surface area contributed by atoms with Crippen molar-refractivity contribution in [2.75, 3.05) is 17.2 Å². The number of benzene rings is 2. The molecule has 2 rings (SSSR count). The Hall–Kier alpha value is -2.43. The minimum atomic E-state index is -0.787. The third kappa shape index (κ3) is 2.77. The van der Waals surface area contributed by atoms with Crippen molar-refractivity contribution in [3.05, 3.63) is 59.7 Å². The summed E-state index contributed by atoms with van der Waals surface area (Å²) in [6.45, 7) is 2.10. The number of hydrogen-bond acceptors (Lipinski definition) is 2. The van der Waals surface area contributed by atoms with E-state index in [1.54, 1.807) is 31.2 Å². The molecule has 0 atom stereocenters. The molecule has 104 valence electrons. The number of carbonyl (C=O) groups is 1. The highest BCUT2D eigenvalue weighted by atomic mass is 19.1. The second kappa shape index (κ2) is 5.69. The summed E-state index contributed by atoms with van der Waals surface area (Å²) in [6, 6.07) is 9.58. The Morgan fingerprint density at radius 2 is 1.75 bits per heavy atom. The number of nitrogens with zero attached hydrogens (tertiary/aromatic N) is 1. The van der Waals surface area contributed by atoms with Crippen molar-refractivity contribution in [3.8, 4) is 0 Å².